The molecule has 0 saturated heterocycles. The number of aromatic nitrogens is 2. The molecule has 3 N–H and O–H groups in total. The Labute approximate surface area is 210 Å². The number of nitro benzene ring substituents is 1. The van der Waals surface area contributed by atoms with Gasteiger partial charge in [0.1, 0.15) is 25.2 Å². The molecule has 36 heavy (non-hydrogen) atoms. The van der Waals surface area contributed by atoms with E-state index < -0.39 is 11.6 Å². The summed E-state index contributed by atoms with van der Waals surface area (Å²) in [7, 11) is 0. The molecule has 4 aromatic rings. The van der Waals surface area contributed by atoms with Gasteiger partial charge in [-0.2, -0.15) is 0 Å². The summed E-state index contributed by atoms with van der Waals surface area (Å²) in [6, 6.07) is 26.4. The first-order valence-corrected chi connectivity index (χ1v) is 11.9. The number of aryl methyl sites for hydroxylation is 1. The second-order valence-electron chi connectivity index (χ2n) is 8.84. The standard InChI is InChI=1S/C29H31N4O3/c1-23-31(18-9-11-24-10-8-16-27(22-24)33(35)36)20-21-32(23)19-17-29(28(30)34,25-12-4-2-5-13-25)26-14-6-3-7-15-26/h2-16,20-22,28,34H,17-19,30H2,1H3/q+1/b11-9+. The lowest BCUT2D eigenvalue weighted by molar-refractivity contribution is -0.692. The van der Waals surface area contributed by atoms with Crippen LogP contribution in [0.2, 0.25) is 0 Å². The second kappa shape index (κ2) is 11.1. The summed E-state index contributed by atoms with van der Waals surface area (Å²) < 4.78 is 4.27. The van der Waals surface area contributed by atoms with E-state index in [-0.39, 0.29) is 10.6 Å². The third-order valence-corrected chi connectivity index (χ3v) is 6.78. The van der Waals surface area contributed by atoms with Crippen LogP contribution in [0.3, 0.4) is 0 Å². The van der Waals surface area contributed by atoms with Crippen molar-refractivity contribution in [2.24, 2.45) is 5.73 Å². The summed E-state index contributed by atoms with van der Waals surface area (Å²) in [5.74, 6) is 1.06. The fourth-order valence-electron chi connectivity index (χ4n) is 4.73. The molecule has 1 unspecified atom stereocenters. The topological polar surface area (TPSA) is 98.2 Å². The number of aliphatic hydroxyl groups excluding tert-OH is 1. The van der Waals surface area contributed by atoms with E-state index in [0.29, 0.717) is 19.5 Å². The van der Waals surface area contributed by atoms with Gasteiger partial charge < -0.3 is 10.8 Å². The smallest absolute Gasteiger partial charge is 0.270 e. The highest BCUT2D eigenvalue weighted by Gasteiger charge is 2.40. The number of allylic oxidation sites excluding steroid dienone is 1. The monoisotopic (exact) mass is 483 g/mol. The number of nitrogens with two attached hydrogens (primary N) is 1. The molecule has 0 aliphatic carbocycles. The fourth-order valence-corrected chi connectivity index (χ4v) is 4.73. The Balaban J connectivity index is 1.54. The molecule has 0 amide bonds. The summed E-state index contributed by atoms with van der Waals surface area (Å²) in [5.41, 5.74) is 8.34. The SMILES string of the molecule is Cc1n(CCC(c2ccccc2)(c2ccccc2)C(N)O)cc[n+]1C/C=C/c1cccc([N+](=O)[O-])c1. The third kappa shape index (κ3) is 5.27. The average molecular weight is 484 g/mol. The molecule has 4 rings (SSSR count). The van der Waals surface area contributed by atoms with E-state index in [4.69, 9.17) is 5.73 Å². The van der Waals surface area contributed by atoms with Crippen molar-refractivity contribution in [2.45, 2.75) is 38.1 Å². The van der Waals surface area contributed by atoms with Crippen LogP contribution < -0.4 is 10.3 Å². The Morgan fingerprint density at radius 3 is 2.28 bits per heavy atom. The van der Waals surface area contributed by atoms with Crippen molar-refractivity contribution in [3.63, 3.8) is 0 Å². The molecule has 1 atom stereocenters. The Bertz CT molecular complexity index is 1290. The van der Waals surface area contributed by atoms with E-state index in [1.165, 1.54) is 6.07 Å². The zero-order valence-electron chi connectivity index (χ0n) is 20.3. The average Bonchev–Trinajstić information content (AvgIpc) is 3.25. The van der Waals surface area contributed by atoms with E-state index in [9.17, 15) is 15.2 Å². The molecule has 1 aromatic heterocycles. The number of nitrogens with zero attached hydrogens (tertiary/aromatic N) is 3. The predicted octanol–water partition coefficient (Wildman–Crippen LogP) is 4.36. The quantitative estimate of drug-likeness (QED) is 0.152. The van der Waals surface area contributed by atoms with Gasteiger partial charge in [-0.05, 0) is 22.8 Å². The minimum atomic E-state index is -1.08. The Kier molecular flexibility index (Phi) is 7.73. The molecule has 0 aliphatic rings. The number of hydrogen-bond acceptors (Lipinski definition) is 4. The van der Waals surface area contributed by atoms with Gasteiger partial charge >= 0.3 is 0 Å². The number of rotatable bonds is 10. The maximum absolute atomic E-state index is 11.0. The summed E-state index contributed by atoms with van der Waals surface area (Å²) in [6.07, 6.45) is 7.44. The van der Waals surface area contributed by atoms with Crippen LogP contribution in [0.1, 0.15) is 28.9 Å². The zero-order valence-corrected chi connectivity index (χ0v) is 20.3. The van der Waals surface area contributed by atoms with Gasteiger partial charge in [0, 0.05) is 25.5 Å². The molecule has 7 nitrogen and oxygen atoms in total. The first-order chi connectivity index (χ1) is 17.4. The van der Waals surface area contributed by atoms with Crippen molar-refractivity contribution in [1.29, 1.82) is 0 Å². The van der Waals surface area contributed by atoms with Gasteiger partial charge in [-0.3, -0.25) is 10.1 Å². The second-order valence-corrected chi connectivity index (χ2v) is 8.84. The number of non-ortho nitro benzene ring substituents is 1. The number of aliphatic hydroxyl groups is 1. The van der Waals surface area contributed by atoms with E-state index in [1.54, 1.807) is 12.1 Å². The number of nitro groups is 1. The molecular formula is C29H31N4O3+. The molecule has 7 heteroatoms. The van der Waals surface area contributed by atoms with Gasteiger partial charge in [0.2, 0.25) is 0 Å². The normalized spacial score (nSPS) is 12.6. The molecule has 0 spiro atoms. The maximum Gasteiger partial charge on any atom is 0.270 e. The molecule has 0 bridgehead atoms. The van der Waals surface area contributed by atoms with Gasteiger partial charge in [0.15, 0.2) is 0 Å². The van der Waals surface area contributed by atoms with Gasteiger partial charge in [0.05, 0.1) is 16.9 Å². The van der Waals surface area contributed by atoms with Crippen LogP contribution in [0.15, 0.2) is 103 Å². The van der Waals surface area contributed by atoms with Gasteiger partial charge in [-0.15, -0.1) is 0 Å². The fraction of sp³-hybridized carbons (Fsp3) is 0.207. The largest absolute Gasteiger partial charge is 0.378 e. The van der Waals surface area contributed by atoms with E-state index >= 15 is 0 Å². The lowest BCUT2D eigenvalue weighted by Gasteiger charge is -2.37. The highest BCUT2D eigenvalue weighted by Crippen LogP contribution is 2.38. The van der Waals surface area contributed by atoms with E-state index in [0.717, 1.165) is 22.5 Å². The van der Waals surface area contributed by atoms with Crippen molar-refractivity contribution in [2.75, 3.05) is 0 Å². The lowest BCUT2D eigenvalue weighted by atomic mass is 9.70. The van der Waals surface area contributed by atoms with E-state index in [1.807, 2.05) is 98.2 Å². The third-order valence-electron chi connectivity index (χ3n) is 6.78. The van der Waals surface area contributed by atoms with Gasteiger partial charge in [-0.1, -0.05) is 78.9 Å². The predicted molar refractivity (Wildman–Crippen MR) is 140 cm³/mol. The summed E-state index contributed by atoms with van der Waals surface area (Å²) in [6.45, 7) is 3.34. The summed E-state index contributed by atoms with van der Waals surface area (Å²) in [4.78, 5) is 10.6. The summed E-state index contributed by atoms with van der Waals surface area (Å²) in [5, 5.41) is 21.9. The maximum atomic E-state index is 11.0. The Morgan fingerprint density at radius 2 is 1.69 bits per heavy atom. The number of imidazole rings is 1. The molecule has 1 heterocycles. The molecule has 3 aromatic carbocycles. The van der Waals surface area contributed by atoms with Crippen molar-refractivity contribution in [3.05, 3.63) is 136 Å². The Morgan fingerprint density at radius 1 is 1.06 bits per heavy atom. The molecule has 0 aliphatic heterocycles. The first kappa shape index (κ1) is 25.0. The molecule has 184 valence electrons. The molecular weight excluding hydrogens is 452 g/mol. The van der Waals surface area contributed by atoms with Crippen molar-refractivity contribution in [3.8, 4) is 0 Å². The molecule has 0 saturated carbocycles. The highest BCUT2D eigenvalue weighted by atomic mass is 16.6. The molecule has 0 radical (unpaired) electrons. The van der Waals surface area contributed by atoms with Crippen LogP contribution in [0.25, 0.3) is 6.08 Å². The van der Waals surface area contributed by atoms with Crippen LogP contribution in [0.5, 0.6) is 0 Å². The number of hydrogen-bond donors (Lipinski definition) is 2. The molecule has 0 fully saturated rings. The zero-order chi connectivity index (χ0) is 25.5. The Hall–Kier alpha value is -4.07. The van der Waals surface area contributed by atoms with Crippen LogP contribution in [-0.4, -0.2) is 20.8 Å². The van der Waals surface area contributed by atoms with Gasteiger partial charge in [0.25, 0.3) is 11.5 Å². The van der Waals surface area contributed by atoms with E-state index in [2.05, 4.69) is 9.13 Å². The van der Waals surface area contributed by atoms with Crippen molar-refractivity contribution < 1.29 is 14.6 Å². The number of benzene rings is 3. The minimum absolute atomic E-state index is 0.0783. The van der Waals surface area contributed by atoms with Crippen molar-refractivity contribution in [1.82, 2.24) is 4.57 Å². The van der Waals surface area contributed by atoms with Crippen LogP contribution in [-0.2, 0) is 18.5 Å². The minimum Gasteiger partial charge on any atom is -0.378 e. The van der Waals surface area contributed by atoms with Crippen LogP contribution in [0, 0.1) is 17.0 Å². The van der Waals surface area contributed by atoms with Crippen LogP contribution in [0.4, 0.5) is 5.69 Å². The first-order valence-electron chi connectivity index (χ1n) is 11.9. The summed E-state index contributed by atoms with van der Waals surface area (Å²) >= 11 is 0. The lowest BCUT2D eigenvalue weighted by Crippen LogP contribution is -2.47. The van der Waals surface area contributed by atoms with Crippen LogP contribution >= 0.6 is 0 Å². The van der Waals surface area contributed by atoms with Crippen molar-refractivity contribution >= 4 is 11.8 Å². The van der Waals surface area contributed by atoms with Gasteiger partial charge in [-0.25, -0.2) is 9.13 Å². The highest BCUT2D eigenvalue weighted by molar-refractivity contribution is 5.53.